The second kappa shape index (κ2) is 9.91. The third-order valence-corrected chi connectivity index (χ3v) is 6.07. The predicted molar refractivity (Wildman–Crippen MR) is 128 cm³/mol. The number of imidazole rings is 1. The summed E-state index contributed by atoms with van der Waals surface area (Å²) in [4.78, 5) is 18.1. The van der Waals surface area contributed by atoms with Gasteiger partial charge in [0.15, 0.2) is 5.69 Å². The van der Waals surface area contributed by atoms with Gasteiger partial charge in [0.1, 0.15) is 5.75 Å². The van der Waals surface area contributed by atoms with Crippen molar-refractivity contribution in [3.8, 4) is 17.1 Å². The van der Waals surface area contributed by atoms with Gasteiger partial charge in [-0.25, -0.2) is 18.5 Å². The molecular formula is C25H28F2N4O4. The Hall–Kier alpha value is -3.66. The summed E-state index contributed by atoms with van der Waals surface area (Å²) >= 11 is 0. The number of amides is 1. The Balaban J connectivity index is 1.64. The molecule has 0 saturated carbocycles. The number of anilines is 2. The number of ether oxygens (including phenoxy) is 2. The fraction of sp³-hybridized carbons (Fsp3) is 0.360. The van der Waals surface area contributed by atoms with Gasteiger partial charge < -0.3 is 24.9 Å². The average Bonchev–Trinajstić information content (AvgIpc) is 3.18. The monoisotopic (exact) mass is 486 g/mol. The normalized spacial score (nSPS) is 14.1. The highest BCUT2D eigenvalue weighted by atomic mass is 19.3. The summed E-state index contributed by atoms with van der Waals surface area (Å²) in [5.41, 5.74) is 1.59. The predicted octanol–water partition coefficient (Wildman–Crippen LogP) is 4.22. The Bertz CT molecular complexity index is 1220. The van der Waals surface area contributed by atoms with Gasteiger partial charge in [0.25, 0.3) is 17.7 Å². The molecule has 4 rings (SSSR count). The number of aromatic amines is 1. The van der Waals surface area contributed by atoms with Crippen LogP contribution >= 0.6 is 0 Å². The summed E-state index contributed by atoms with van der Waals surface area (Å²) in [6, 6.07) is 10.8. The van der Waals surface area contributed by atoms with Crippen LogP contribution in [0.3, 0.4) is 0 Å². The van der Waals surface area contributed by atoms with Crippen molar-refractivity contribution in [2.45, 2.75) is 26.2 Å². The first kappa shape index (κ1) is 24.5. The number of hydrogen-bond acceptors (Lipinski definition) is 5. The molecule has 186 valence electrons. The summed E-state index contributed by atoms with van der Waals surface area (Å²) in [6.07, 6.45) is -0.362. The maximum Gasteiger partial charge on any atom is 0.300 e. The topological polar surface area (TPSA) is 93.5 Å². The molecule has 2 heterocycles. The number of nitrogens with zero attached hydrogens (tertiary/aromatic N) is 2. The van der Waals surface area contributed by atoms with Crippen molar-refractivity contribution in [2.24, 2.45) is 0 Å². The van der Waals surface area contributed by atoms with Crippen molar-refractivity contribution in [1.82, 2.24) is 4.98 Å². The van der Waals surface area contributed by atoms with Crippen LogP contribution in [0, 0.1) is 12.1 Å². The van der Waals surface area contributed by atoms with E-state index in [4.69, 9.17) is 9.47 Å². The highest BCUT2D eigenvalue weighted by Gasteiger charge is 2.30. The Labute approximate surface area is 202 Å². The van der Waals surface area contributed by atoms with E-state index >= 15 is 0 Å². The highest BCUT2D eigenvalue weighted by Crippen LogP contribution is 2.34. The maximum atomic E-state index is 14.1. The molecule has 0 unspecified atom stereocenters. The number of morpholine rings is 1. The minimum atomic E-state index is -3.01. The Morgan fingerprint density at radius 1 is 1.26 bits per heavy atom. The number of aromatic nitrogens is 2. The molecule has 1 amide bonds. The first-order valence-electron chi connectivity index (χ1n) is 11.4. The summed E-state index contributed by atoms with van der Waals surface area (Å²) < 4.78 is 39.6. The third-order valence-electron chi connectivity index (χ3n) is 6.07. The SMILES string of the molecule is CCC(F)(F)c1cccc(NC(=O)c2c(C)[nH]c(-c3ccc(OC)c(N4CCOCC4)c3)[n+]2[O-])c1. The summed E-state index contributed by atoms with van der Waals surface area (Å²) in [5, 5.41) is 15.7. The van der Waals surface area contributed by atoms with Crippen LogP contribution in [0.5, 0.6) is 5.75 Å². The largest absolute Gasteiger partial charge is 0.710 e. The number of rotatable bonds is 7. The molecule has 1 saturated heterocycles. The van der Waals surface area contributed by atoms with Crippen molar-refractivity contribution in [2.75, 3.05) is 43.6 Å². The van der Waals surface area contributed by atoms with E-state index in [1.54, 1.807) is 26.2 Å². The fourth-order valence-corrected chi connectivity index (χ4v) is 4.11. The van der Waals surface area contributed by atoms with Gasteiger partial charge >= 0.3 is 0 Å². The molecule has 0 spiro atoms. The molecule has 8 nitrogen and oxygen atoms in total. The lowest BCUT2D eigenvalue weighted by Crippen LogP contribution is -2.37. The zero-order chi connectivity index (χ0) is 25.2. The zero-order valence-electron chi connectivity index (χ0n) is 19.9. The van der Waals surface area contributed by atoms with Gasteiger partial charge in [0, 0.05) is 37.7 Å². The number of carbonyl (C=O) groups excluding carboxylic acids is 1. The van der Waals surface area contributed by atoms with Crippen molar-refractivity contribution in [3.05, 3.63) is 64.6 Å². The molecule has 10 heteroatoms. The molecule has 1 fully saturated rings. The van der Waals surface area contributed by atoms with E-state index in [1.807, 2.05) is 6.07 Å². The van der Waals surface area contributed by atoms with Crippen LogP contribution in [0.15, 0.2) is 42.5 Å². The number of halogens is 2. The molecule has 0 aliphatic carbocycles. The number of methoxy groups -OCH3 is 1. The van der Waals surface area contributed by atoms with Crippen LogP contribution in [0.1, 0.15) is 35.1 Å². The second-order valence-electron chi connectivity index (χ2n) is 8.32. The van der Waals surface area contributed by atoms with E-state index in [2.05, 4.69) is 15.2 Å². The molecule has 35 heavy (non-hydrogen) atoms. The number of alkyl halides is 2. The molecule has 0 radical (unpaired) electrons. The molecule has 1 aliphatic heterocycles. The van der Waals surface area contributed by atoms with E-state index in [1.165, 1.54) is 31.2 Å². The number of benzene rings is 2. The number of hydrogen-bond donors (Lipinski definition) is 2. The minimum absolute atomic E-state index is 0.142. The molecular weight excluding hydrogens is 458 g/mol. The van der Waals surface area contributed by atoms with Crippen LogP contribution in [0.25, 0.3) is 11.4 Å². The molecule has 1 aromatic heterocycles. The Morgan fingerprint density at radius 3 is 2.69 bits per heavy atom. The number of aryl methyl sites for hydroxylation is 1. The van der Waals surface area contributed by atoms with Gasteiger partial charge in [0.05, 0.1) is 31.6 Å². The molecule has 1 aliphatic rings. The number of H-pyrrole nitrogens is 1. The standard InChI is InChI=1S/C25H28F2N4O4/c1-4-25(26,27)18-6-5-7-19(15-18)29-24(32)22-16(2)28-23(31(22)33)17-8-9-21(34-3)20(14-17)30-10-12-35-13-11-30/h5-9,14-15,28H,4,10-13H2,1-3H3,(H,29,32). The van der Waals surface area contributed by atoms with Gasteiger partial charge in [-0.15, -0.1) is 0 Å². The quantitative estimate of drug-likeness (QED) is 0.385. The van der Waals surface area contributed by atoms with Crippen molar-refractivity contribution < 1.29 is 27.8 Å². The lowest BCUT2D eigenvalue weighted by atomic mass is 10.1. The first-order chi connectivity index (χ1) is 16.7. The minimum Gasteiger partial charge on any atom is -0.710 e. The lowest BCUT2D eigenvalue weighted by molar-refractivity contribution is -0.594. The maximum absolute atomic E-state index is 14.1. The van der Waals surface area contributed by atoms with Crippen molar-refractivity contribution >= 4 is 17.3 Å². The van der Waals surface area contributed by atoms with E-state index < -0.39 is 11.8 Å². The Morgan fingerprint density at radius 2 is 2.00 bits per heavy atom. The van der Waals surface area contributed by atoms with Crippen LogP contribution in [0.2, 0.25) is 0 Å². The molecule has 2 N–H and O–H groups in total. The molecule has 0 atom stereocenters. The lowest BCUT2D eigenvalue weighted by Gasteiger charge is -2.30. The fourth-order valence-electron chi connectivity index (χ4n) is 4.11. The van der Waals surface area contributed by atoms with E-state index in [-0.39, 0.29) is 29.2 Å². The van der Waals surface area contributed by atoms with Gasteiger partial charge in [0.2, 0.25) is 5.69 Å². The number of carbonyl (C=O) groups is 1. The van der Waals surface area contributed by atoms with Gasteiger partial charge in [-0.2, -0.15) is 0 Å². The summed E-state index contributed by atoms with van der Waals surface area (Å²) in [7, 11) is 1.58. The highest BCUT2D eigenvalue weighted by molar-refractivity contribution is 6.02. The smallest absolute Gasteiger partial charge is 0.300 e. The Kier molecular flexibility index (Phi) is 6.93. The summed E-state index contributed by atoms with van der Waals surface area (Å²) in [5.74, 6) is -2.85. The van der Waals surface area contributed by atoms with Crippen LogP contribution < -0.4 is 19.7 Å². The third kappa shape index (κ3) is 4.93. The summed E-state index contributed by atoms with van der Waals surface area (Å²) in [6.45, 7) is 5.55. The van der Waals surface area contributed by atoms with Gasteiger partial charge in [-0.3, -0.25) is 4.79 Å². The second-order valence-corrected chi connectivity index (χ2v) is 8.32. The molecule has 2 aromatic carbocycles. The van der Waals surface area contributed by atoms with Crippen molar-refractivity contribution in [1.29, 1.82) is 0 Å². The first-order valence-corrected chi connectivity index (χ1v) is 11.4. The zero-order valence-corrected chi connectivity index (χ0v) is 19.9. The number of nitrogens with one attached hydrogen (secondary N) is 2. The molecule has 3 aromatic rings. The van der Waals surface area contributed by atoms with Crippen molar-refractivity contribution in [3.63, 3.8) is 0 Å². The van der Waals surface area contributed by atoms with Gasteiger partial charge in [-0.05, 0) is 30.3 Å². The van der Waals surface area contributed by atoms with Crippen LogP contribution in [-0.2, 0) is 10.7 Å². The van der Waals surface area contributed by atoms with Crippen LogP contribution in [-0.4, -0.2) is 44.3 Å². The van der Waals surface area contributed by atoms with Gasteiger partial charge in [-0.1, -0.05) is 19.1 Å². The van der Waals surface area contributed by atoms with E-state index in [0.717, 1.165) is 5.69 Å². The average molecular weight is 487 g/mol. The van der Waals surface area contributed by atoms with Crippen LogP contribution in [0.4, 0.5) is 20.2 Å². The molecule has 0 bridgehead atoms. The van der Waals surface area contributed by atoms with E-state index in [0.29, 0.717) is 48.0 Å². The van der Waals surface area contributed by atoms with E-state index in [9.17, 15) is 18.8 Å².